The van der Waals surface area contributed by atoms with Crippen molar-refractivity contribution in [3.8, 4) is 5.95 Å². The van der Waals surface area contributed by atoms with Gasteiger partial charge in [-0.1, -0.05) is 6.92 Å². The van der Waals surface area contributed by atoms with Crippen LogP contribution in [-0.2, 0) is 4.74 Å². The van der Waals surface area contributed by atoms with Crippen molar-refractivity contribution in [1.82, 2.24) is 29.7 Å². The molecule has 0 fully saturated rings. The Bertz CT molecular complexity index is 544. The molecule has 21 heavy (non-hydrogen) atoms. The highest BCUT2D eigenvalue weighted by molar-refractivity contribution is 5.39. The number of methoxy groups -OCH3 is 1. The lowest BCUT2D eigenvalue weighted by atomic mass is 10.5. The van der Waals surface area contributed by atoms with Crippen molar-refractivity contribution in [3.05, 3.63) is 12.7 Å². The SMILES string of the molecule is CCCNc1nc(N(C)CCOC)nc(-n2cncn2)n1. The van der Waals surface area contributed by atoms with Crippen molar-refractivity contribution in [2.24, 2.45) is 0 Å². The van der Waals surface area contributed by atoms with E-state index in [1.165, 1.54) is 11.0 Å². The molecule has 0 saturated heterocycles. The van der Waals surface area contributed by atoms with E-state index in [2.05, 4.69) is 37.3 Å². The fraction of sp³-hybridized carbons (Fsp3) is 0.583. The number of nitrogens with one attached hydrogen (secondary N) is 1. The van der Waals surface area contributed by atoms with Crippen LogP contribution in [0.5, 0.6) is 0 Å². The third-order valence-electron chi connectivity index (χ3n) is 2.74. The Kier molecular flexibility index (Phi) is 5.38. The van der Waals surface area contributed by atoms with E-state index in [4.69, 9.17) is 4.74 Å². The zero-order valence-electron chi connectivity index (χ0n) is 12.5. The number of likely N-dealkylation sites (N-methyl/N-ethyl adjacent to an activating group) is 1. The summed E-state index contributed by atoms with van der Waals surface area (Å²) in [6, 6.07) is 0. The van der Waals surface area contributed by atoms with Gasteiger partial charge in [-0.25, -0.2) is 4.98 Å². The summed E-state index contributed by atoms with van der Waals surface area (Å²) < 4.78 is 6.58. The lowest BCUT2D eigenvalue weighted by molar-refractivity contribution is 0.206. The molecule has 0 aliphatic carbocycles. The van der Waals surface area contributed by atoms with E-state index in [9.17, 15) is 0 Å². The van der Waals surface area contributed by atoms with Crippen molar-refractivity contribution in [2.45, 2.75) is 13.3 Å². The summed E-state index contributed by atoms with van der Waals surface area (Å²) in [5.74, 6) is 1.52. The van der Waals surface area contributed by atoms with Gasteiger partial charge in [-0.2, -0.15) is 24.7 Å². The molecule has 0 aromatic carbocycles. The minimum Gasteiger partial charge on any atom is -0.383 e. The molecule has 0 radical (unpaired) electrons. The maximum Gasteiger partial charge on any atom is 0.258 e. The van der Waals surface area contributed by atoms with Crippen LogP contribution in [0.3, 0.4) is 0 Å². The van der Waals surface area contributed by atoms with Crippen molar-refractivity contribution in [1.29, 1.82) is 0 Å². The Hall–Kier alpha value is -2.29. The van der Waals surface area contributed by atoms with Crippen LogP contribution in [0.2, 0.25) is 0 Å². The van der Waals surface area contributed by atoms with E-state index in [-0.39, 0.29) is 0 Å². The van der Waals surface area contributed by atoms with E-state index in [0.717, 1.165) is 13.0 Å². The molecule has 2 aromatic heterocycles. The number of ether oxygens (including phenoxy) is 1. The maximum absolute atomic E-state index is 5.08. The van der Waals surface area contributed by atoms with Crippen LogP contribution in [0.15, 0.2) is 12.7 Å². The number of anilines is 2. The summed E-state index contributed by atoms with van der Waals surface area (Å²) in [6.07, 6.45) is 3.98. The molecule has 1 N–H and O–H groups in total. The van der Waals surface area contributed by atoms with Crippen molar-refractivity contribution in [2.75, 3.05) is 44.1 Å². The third kappa shape index (κ3) is 4.09. The molecule has 9 nitrogen and oxygen atoms in total. The first-order valence-corrected chi connectivity index (χ1v) is 6.79. The molecule has 0 aliphatic heterocycles. The zero-order valence-corrected chi connectivity index (χ0v) is 12.5. The minimum atomic E-state index is 0.431. The normalized spacial score (nSPS) is 10.6. The average molecular weight is 292 g/mol. The first-order chi connectivity index (χ1) is 10.2. The Balaban J connectivity index is 2.28. The lowest BCUT2D eigenvalue weighted by Gasteiger charge is -2.17. The van der Waals surface area contributed by atoms with Gasteiger partial charge in [-0.15, -0.1) is 0 Å². The van der Waals surface area contributed by atoms with E-state index < -0.39 is 0 Å². The summed E-state index contributed by atoms with van der Waals surface area (Å²) >= 11 is 0. The summed E-state index contributed by atoms with van der Waals surface area (Å²) in [5.41, 5.74) is 0. The van der Waals surface area contributed by atoms with Gasteiger partial charge in [-0.3, -0.25) is 0 Å². The Morgan fingerprint density at radius 1 is 1.33 bits per heavy atom. The van der Waals surface area contributed by atoms with Gasteiger partial charge in [-0.05, 0) is 6.42 Å². The number of nitrogens with zero attached hydrogens (tertiary/aromatic N) is 7. The van der Waals surface area contributed by atoms with Gasteiger partial charge in [0, 0.05) is 27.2 Å². The Morgan fingerprint density at radius 3 is 2.86 bits per heavy atom. The smallest absolute Gasteiger partial charge is 0.258 e. The Morgan fingerprint density at radius 2 is 2.19 bits per heavy atom. The fourth-order valence-corrected chi connectivity index (χ4v) is 1.58. The van der Waals surface area contributed by atoms with Gasteiger partial charge >= 0.3 is 0 Å². The predicted molar refractivity (Wildman–Crippen MR) is 78.7 cm³/mol. The molecule has 2 aromatic rings. The van der Waals surface area contributed by atoms with Crippen LogP contribution in [0.1, 0.15) is 13.3 Å². The fourth-order valence-electron chi connectivity index (χ4n) is 1.58. The molecule has 0 amide bonds. The van der Waals surface area contributed by atoms with Gasteiger partial charge in [0.2, 0.25) is 11.9 Å². The summed E-state index contributed by atoms with van der Waals surface area (Å²) in [5, 5.41) is 7.22. The topological polar surface area (TPSA) is 93.9 Å². The molecule has 2 rings (SSSR count). The molecule has 0 bridgehead atoms. The standard InChI is InChI=1S/C12H20N8O/c1-4-5-14-10-16-11(19(2)6-7-21-3)18-12(17-10)20-9-13-8-15-20/h8-9H,4-7H2,1-3H3,(H,14,16,17,18). The molecule has 0 atom stereocenters. The quantitative estimate of drug-likeness (QED) is 0.745. The van der Waals surface area contributed by atoms with Gasteiger partial charge in [0.1, 0.15) is 12.7 Å². The monoisotopic (exact) mass is 292 g/mol. The summed E-state index contributed by atoms with van der Waals surface area (Å²) in [7, 11) is 3.57. The molecular weight excluding hydrogens is 272 g/mol. The van der Waals surface area contributed by atoms with Crippen molar-refractivity contribution >= 4 is 11.9 Å². The first-order valence-electron chi connectivity index (χ1n) is 6.79. The highest BCUT2D eigenvalue weighted by Crippen LogP contribution is 2.11. The van der Waals surface area contributed by atoms with E-state index >= 15 is 0 Å². The van der Waals surface area contributed by atoms with Crippen LogP contribution >= 0.6 is 0 Å². The largest absolute Gasteiger partial charge is 0.383 e. The molecule has 2 heterocycles. The number of hydrogen-bond donors (Lipinski definition) is 1. The second-order valence-corrected chi connectivity index (χ2v) is 4.44. The van der Waals surface area contributed by atoms with Gasteiger partial charge in [0.25, 0.3) is 5.95 Å². The van der Waals surface area contributed by atoms with Crippen molar-refractivity contribution < 1.29 is 4.74 Å². The van der Waals surface area contributed by atoms with E-state index in [1.807, 2.05) is 11.9 Å². The first kappa shape index (κ1) is 15.1. The van der Waals surface area contributed by atoms with Crippen LogP contribution < -0.4 is 10.2 Å². The predicted octanol–water partition coefficient (Wildman–Crippen LogP) is 0.357. The zero-order chi connectivity index (χ0) is 15.1. The molecule has 0 aliphatic rings. The molecule has 0 saturated carbocycles. The van der Waals surface area contributed by atoms with E-state index in [1.54, 1.807) is 13.4 Å². The lowest BCUT2D eigenvalue weighted by Crippen LogP contribution is -2.25. The number of rotatable bonds is 8. The Labute approximate surface area is 123 Å². The van der Waals surface area contributed by atoms with E-state index in [0.29, 0.717) is 31.0 Å². The maximum atomic E-state index is 5.08. The summed E-state index contributed by atoms with van der Waals surface area (Å²) in [4.78, 5) is 19.0. The third-order valence-corrected chi connectivity index (χ3v) is 2.74. The molecule has 114 valence electrons. The second-order valence-electron chi connectivity index (χ2n) is 4.44. The molecule has 0 spiro atoms. The second kappa shape index (κ2) is 7.48. The highest BCUT2D eigenvalue weighted by Gasteiger charge is 2.11. The van der Waals surface area contributed by atoms with Crippen LogP contribution in [0.4, 0.5) is 11.9 Å². The van der Waals surface area contributed by atoms with Crippen molar-refractivity contribution in [3.63, 3.8) is 0 Å². The van der Waals surface area contributed by atoms with Crippen LogP contribution in [0.25, 0.3) is 5.95 Å². The highest BCUT2D eigenvalue weighted by atomic mass is 16.5. The van der Waals surface area contributed by atoms with Gasteiger partial charge in [0.15, 0.2) is 0 Å². The van der Waals surface area contributed by atoms with Crippen LogP contribution in [-0.4, -0.2) is 63.6 Å². The summed E-state index contributed by atoms with van der Waals surface area (Å²) in [6.45, 7) is 4.16. The van der Waals surface area contributed by atoms with Gasteiger partial charge < -0.3 is 15.0 Å². The van der Waals surface area contributed by atoms with Gasteiger partial charge in [0.05, 0.1) is 6.61 Å². The average Bonchev–Trinajstić information content (AvgIpc) is 3.04. The molecule has 0 unspecified atom stereocenters. The minimum absolute atomic E-state index is 0.431. The number of hydrogen-bond acceptors (Lipinski definition) is 8. The molecule has 9 heteroatoms. The molecular formula is C12H20N8O. The van der Waals surface area contributed by atoms with Crippen LogP contribution in [0, 0.1) is 0 Å². The number of aromatic nitrogens is 6.